The first-order chi connectivity index (χ1) is 12.6. The van der Waals surface area contributed by atoms with Crippen LogP contribution in [-0.2, 0) is 19.1 Å². The Bertz CT molecular complexity index is 676. The number of allylic oxidation sites excluding steroid dienone is 2. The summed E-state index contributed by atoms with van der Waals surface area (Å²) in [5.41, 5.74) is -0.897. The average molecular weight is 354 g/mol. The molecule has 4 nitrogen and oxygen atoms in total. The average Bonchev–Trinajstić information content (AvgIpc) is 2.93. The quantitative estimate of drug-likeness (QED) is 0.348. The van der Waals surface area contributed by atoms with Crippen LogP contribution in [0.2, 0.25) is 0 Å². The molecule has 0 heterocycles. The van der Waals surface area contributed by atoms with Crippen LogP contribution in [0.5, 0.6) is 0 Å². The van der Waals surface area contributed by atoms with Crippen molar-refractivity contribution in [2.45, 2.75) is 39.5 Å². The van der Waals surface area contributed by atoms with Gasteiger partial charge in [-0.3, -0.25) is 0 Å². The molecule has 0 radical (unpaired) electrons. The molecule has 138 valence electrons. The zero-order valence-electron chi connectivity index (χ0n) is 15.5. The molecule has 0 saturated heterocycles. The van der Waals surface area contributed by atoms with Crippen molar-refractivity contribution >= 4 is 11.9 Å². The van der Waals surface area contributed by atoms with E-state index in [9.17, 15) is 9.59 Å². The van der Waals surface area contributed by atoms with Crippen molar-refractivity contribution in [3.05, 3.63) is 48.0 Å². The van der Waals surface area contributed by atoms with Gasteiger partial charge in [-0.2, -0.15) is 0 Å². The molecular weight excluding hydrogens is 328 g/mol. The van der Waals surface area contributed by atoms with Crippen molar-refractivity contribution in [1.82, 2.24) is 0 Å². The van der Waals surface area contributed by atoms with Gasteiger partial charge in [-0.25, -0.2) is 9.59 Å². The number of carbonyl (C=O) groups excluding carboxylic acids is 2. The fourth-order valence-electron chi connectivity index (χ4n) is 3.11. The monoisotopic (exact) mass is 354 g/mol. The summed E-state index contributed by atoms with van der Waals surface area (Å²) >= 11 is 0. The van der Waals surface area contributed by atoms with E-state index in [-0.39, 0.29) is 19.1 Å². The van der Waals surface area contributed by atoms with Gasteiger partial charge in [0.25, 0.3) is 0 Å². The molecule has 1 aromatic carbocycles. The molecule has 1 atom stereocenters. The van der Waals surface area contributed by atoms with Crippen molar-refractivity contribution in [2.75, 3.05) is 13.2 Å². The Kier molecular flexibility index (Phi) is 7.47. The van der Waals surface area contributed by atoms with Crippen LogP contribution in [0.1, 0.15) is 45.1 Å². The standard InChI is InChI=1S/C22H26O4/c1-3-25-20(23)22(21(24)26-4-2,19-14-10-5-6-11-15-19)17-16-18-12-8-7-9-13-18/h7-10,12-14,19H,3-6,11,15H2,1-2H3. The number of esters is 2. The van der Waals surface area contributed by atoms with Gasteiger partial charge in [-0.05, 0) is 45.2 Å². The normalized spacial score (nSPS) is 16.8. The Morgan fingerprint density at radius 2 is 1.73 bits per heavy atom. The summed E-state index contributed by atoms with van der Waals surface area (Å²) in [5.74, 6) is 4.35. The van der Waals surface area contributed by atoms with E-state index < -0.39 is 17.4 Å². The molecule has 0 fully saturated rings. The summed E-state index contributed by atoms with van der Waals surface area (Å²) in [4.78, 5) is 25.9. The van der Waals surface area contributed by atoms with Gasteiger partial charge in [0, 0.05) is 11.5 Å². The summed E-state index contributed by atoms with van der Waals surface area (Å²) in [7, 11) is 0. The third-order valence-corrected chi connectivity index (χ3v) is 4.43. The van der Waals surface area contributed by atoms with Crippen LogP contribution in [-0.4, -0.2) is 25.2 Å². The number of ether oxygens (including phenoxy) is 2. The molecule has 0 aliphatic heterocycles. The van der Waals surface area contributed by atoms with Gasteiger partial charge in [0.1, 0.15) is 0 Å². The van der Waals surface area contributed by atoms with E-state index in [1.165, 1.54) is 0 Å². The summed E-state index contributed by atoms with van der Waals surface area (Å²) in [6, 6.07) is 9.31. The minimum Gasteiger partial charge on any atom is -0.464 e. The minimum absolute atomic E-state index is 0.184. The summed E-state index contributed by atoms with van der Waals surface area (Å²) in [6.45, 7) is 3.82. The molecule has 26 heavy (non-hydrogen) atoms. The van der Waals surface area contributed by atoms with Crippen LogP contribution < -0.4 is 0 Å². The lowest BCUT2D eigenvalue weighted by Crippen LogP contribution is -2.46. The van der Waals surface area contributed by atoms with E-state index in [1.807, 2.05) is 42.5 Å². The molecule has 1 aromatic rings. The van der Waals surface area contributed by atoms with Crippen LogP contribution in [0.4, 0.5) is 0 Å². The fraction of sp³-hybridized carbons (Fsp3) is 0.455. The van der Waals surface area contributed by atoms with E-state index in [0.717, 1.165) is 24.8 Å². The van der Waals surface area contributed by atoms with Gasteiger partial charge in [0.2, 0.25) is 5.41 Å². The van der Waals surface area contributed by atoms with Crippen molar-refractivity contribution in [3.8, 4) is 11.8 Å². The van der Waals surface area contributed by atoms with Crippen LogP contribution in [0.3, 0.4) is 0 Å². The first-order valence-corrected chi connectivity index (χ1v) is 9.24. The molecule has 0 aromatic heterocycles. The Morgan fingerprint density at radius 3 is 2.35 bits per heavy atom. The highest BCUT2D eigenvalue weighted by Gasteiger charge is 2.53. The van der Waals surface area contributed by atoms with Crippen molar-refractivity contribution in [2.24, 2.45) is 11.3 Å². The SMILES string of the molecule is CCOC(=O)C(C#Cc1ccccc1)(C(=O)OCC)C1C=CCCCC1. The third-order valence-electron chi connectivity index (χ3n) is 4.43. The highest BCUT2D eigenvalue weighted by Crippen LogP contribution is 2.37. The topological polar surface area (TPSA) is 52.6 Å². The van der Waals surface area contributed by atoms with E-state index in [1.54, 1.807) is 13.8 Å². The zero-order valence-corrected chi connectivity index (χ0v) is 15.5. The first kappa shape index (κ1) is 19.8. The predicted molar refractivity (Wildman–Crippen MR) is 100 cm³/mol. The number of rotatable bonds is 5. The largest absolute Gasteiger partial charge is 0.464 e. The van der Waals surface area contributed by atoms with Crippen molar-refractivity contribution in [3.63, 3.8) is 0 Å². The summed E-state index contributed by atoms with van der Waals surface area (Å²) < 4.78 is 10.6. The zero-order chi connectivity index (χ0) is 18.8. The molecule has 0 N–H and O–H groups in total. The second-order valence-electron chi connectivity index (χ2n) is 6.18. The highest BCUT2D eigenvalue weighted by molar-refractivity contribution is 6.04. The third kappa shape index (κ3) is 4.54. The Labute approximate surface area is 155 Å². The lowest BCUT2D eigenvalue weighted by molar-refractivity contribution is -0.170. The van der Waals surface area contributed by atoms with Crippen molar-refractivity contribution < 1.29 is 19.1 Å². The maximum atomic E-state index is 13.0. The van der Waals surface area contributed by atoms with Gasteiger partial charge >= 0.3 is 11.9 Å². The highest BCUT2D eigenvalue weighted by atomic mass is 16.6. The van der Waals surface area contributed by atoms with Crippen LogP contribution >= 0.6 is 0 Å². The molecular formula is C22H26O4. The Balaban J connectivity index is 2.56. The van der Waals surface area contributed by atoms with Gasteiger partial charge in [0.05, 0.1) is 13.2 Å². The Hall–Kier alpha value is -2.54. The van der Waals surface area contributed by atoms with Crippen LogP contribution in [0, 0.1) is 23.2 Å². The lowest BCUT2D eigenvalue weighted by atomic mass is 9.73. The molecule has 1 unspecified atom stereocenters. The molecule has 0 saturated carbocycles. The molecule has 0 spiro atoms. The number of benzene rings is 1. The van der Waals surface area contributed by atoms with Crippen LogP contribution in [0.25, 0.3) is 0 Å². The van der Waals surface area contributed by atoms with Gasteiger partial charge in [0.15, 0.2) is 0 Å². The van der Waals surface area contributed by atoms with Crippen molar-refractivity contribution in [1.29, 1.82) is 0 Å². The predicted octanol–water partition coefficient (Wildman–Crippen LogP) is 3.90. The molecule has 2 rings (SSSR count). The van der Waals surface area contributed by atoms with Gasteiger partial charge < -0.3 is 9.47 Å². The second kappa shape index (κ2) is 9.82. The molecule has 1 aliphatic rings. The maximum Gasteiger partial charge on any atom is 0.336 e. The molecule has 1 aliphatic carbocycles. The Morgan fingerprint density at radius 1 is 1.08 bits per heavy atom. The fourth-order valence-corrected chi connectivity index (χ4v) is 3.11. The first-order valence-electron chi connectivity index (χ1n) is 9.24. The van der Waals surface area contributed by atoms with E-state index >= 15 is 0 Å². The van der Waals surface area contributed by atoms with E-state index in [0.29, 0.717) is 6.42 Å². The number of hydrogen-bond donors (Lipinski definition) is 0. The minimum atomic E-state index is -1.64. The summed E-state index contributed by atoms with van der Waals surface area (Å²) in [5, 5.41) is 0. The number of carbonyl (C=O) groups is 2. The summed E-state index contributed by atoms with van der Waals surface area (Å²) in [6.07, 6.45) is 7.53. The van der Waals surface area contributed by atoms with E-state index in [4.69, 9.17) is 9.47 Å². The molecule has 4 heteroatoms. The van der Waals surface area contributed by atoms with Gasteiger partial charge in [-0.1, -0.05) is 48.6 Å². The van der Waals surface area contributed by atoms with Crippen LogP contribution in [0.15, 0.2) is 42.5 Å². The van der Waals surface area contributed by atoms with E-state index in [2.05, 4.69) is 11.8 Å². The second-order valence-corrected chi connectivity index (χ2v) is 6.18. The lowest BCUT2D eigenvalue weighted by Gasteiger charge is -2.30. The molecule has 0 amide bonds. The smallest absolute Gasteiger partial charge is 0.336 e. The maximum absolute atomic E-state index is 13.0. The number of hydrogen-bond acceptors (Lipinski definition) is 4. The van der Waals surface area contributed by atoms with Gasteiger partial charge in [-0.15, -0.1) is 0 Å². The molecule has 0 bridgehead atoms.